The Hall–Kier alpha value is -4.00. The third kappa shape index (κ3) is 5.04. The number of amides is 1. The molecule has 29 heavy (non-hydrogen) atoms. The normalized spacial score (nSPS) is 11.0. The monoisotopic (exact) mass is 395 g/mol. The van der Waals surface area contributed by atoms with Crippen molar-refractivity contribution in [3.05, 3.63) is 101 Å². The highest BCUT2D eigenvalue weighted by atomic mass is 19.1. The van der Waals surface area contributed by atoms with Gasteiger partial charge in [-0.1, -0.05) is 36.4 Å². The Balaban J connectivity index is 1.77. The predicted octanol–water partition coefficient (Wildman–Crippen LogP) is 4.61. The van der Waals surface area contributed by atoms with Crippen molar-refractivity contribution in [3.63, 3.8) is 0 Å². The fourth-order valence-electron chi connectivity index (χ4n) is 2.43. The number of hydrogen-bond donors (Lipinski definition) is 2. The molecule has 3 aromatic rings. The molecule has 0 aromatic heterocycles. The van der Waals surface area contributed by atoms with Crippen molar-refractivity contribution in [1.29, 1.82) is 0 Å². The molecule has 7 heteroatoms. The van der Waals surface area contributed by atoms with Gasteiger partial charge in [0, 0.05) is 5.56 Å². The van der Waals surface area contributed by atoms with Gasteiger partial charge in [-0.25, -0.2) is 13.6 Å². The molecule has 0 heterocycles. The number of carboxylic acids is 1. The van der Waals surface area contributed by atoms with Crippen molar-refractivity contribution in [3.8, 4) is 11.5 Å². The minimum absolute atomic E-state index is 0.163. The molecule has 146 valence electrons. The molecule has 3 rings (SSSR count). The number of rotatable bonds is 6. The van der Waals surface area contributed by atoms with E-state index in [9.17, 15) is 23.5 Å². The van der Waals surface area contributed by atoms with Crippen molar-refractivity contribution < 1.29 is 28.2 Å². The lowest BCUT2D eigenvalue weighted by molar-refractivity contribution is -0.132. The average molecular weight is 395 g/mol. The Morgan fingerprint density at radius 1 is 0.862 bits per heavy atom. The topological polar surface area (TPSA) is 75.6 Å². The maximum absolute atomic E-state index is 13.7. The Labute approximate surface area is 164 Å². The highest BCUT2D eigenvalue weighted by molar-refractivity contribution is 6.02. The van der Waals surface area contributed by atoms with Gasteiger partial charge in [-0.2, -0.15) is 0 Å². The largest absolute Gasteiger partial charge is 0.477 e. The fraction of sp³-hybridized carbons (Fsp3) is 0. The molecule has 5 nitrogen and oxygen atoms in total. The van der Waals surface area contributed by atoms with Crippen molar-refractivity contribution in [1.82, 2.24) is 5.32 Å². The van der Waals surface area contributed by atoms with Crippen LogP contribution in [0.4, 0.5) is 8.78 Å². The zero-order valence-electron chi connectivity index (χ0n) is 14.9. The minimum atomic E-state index is -1.32. The zero-order valence-corrected chi connectivity index (χ0v) is 14.9. The van der Waals surface area contributed by atoms with E-state index in [1.54, 1.807) is 30.3 Å². The van der Waals surface area contributed by atoms with Crippen molar-refractivity contribution in [2.24, 2.45) is 0 Å². The van der Waals surface area contributed by atoms with E-state index in [1.165, 1.54) is 36.4 Å². The second-order valence-corrected chi connectivity index (χ2v) is 5.91. The summed E-state index contributed by atoms with van der Waals surface area (Å²) in [6, 6.07) is 17.4. The number of carbonyl (C=O) groups is 2. The second kappa shape index (κ2) is 8.79. The first-order valence-corrected chi connectivity index (χ1v) is 8.47. The number of hydrogen-bond acceptors (Lipinski definition) is 3. The first-order valence-electron chi connectivity index (χ1n) is 8.47. The lowest BCUT2D eigenvalue weighted by Crippen LogP contribution is -2.27. The van der Waals surface area contributed by atoms with Crippen LogP contribution >= 0.6 is 0 Å². The Morgan fingerprint density at radius 2 is 1.48 bits per heavy atom. The van der Waals surface area contributed by atoms with E-state index in [2.05, 4.69) is 5.32 Å². The molecule has 0 unspecified atom stereocenters. The summed E-state index contributed by atoms with van der Waals surface area (Å²) in [5.41, 5.74) is 0.431. The van der Waals surface area contributed by atoms with Crippen LogP contribution in [0.15, 0.2) is 78.5 Å². The third-order valence-corrected chi connectivity index (χ3v) is 3.84. The number of para-hydroxylation sites is 1. The van der Waals surface area contributed by atoms with Gasteiger partial charge in [0.25, 0.3) is 5.91 Å². The standard InChI is InChI=1S/C22H15F2NO4/c23-17-7-4-8-18(24)20(17)29-16-11-9-14(10-12-16)13-19(22(27)28)25-21(26)15-5-2-1-3-6-15/h1-13H,(H,25,26)(H,27,28)/b19-13+. The SMILES string of the molecule is O=C(O)/C(=C\c1ccc(Oc2c(F)cccc2F)cc1)NC(=O)c1ccccc1. The summed E-state index contributed by atoms with van der Waals surface area (Å²) in [6.45, 7) is 0. The van der Waals surface area contributed by atoms with E-state index in [1.807, 2.05) is 0 Å². The molecule has 0 saturated carbocycles. The molecular weight excluding hydrogens is 380 g/mol. The van der Waals surface area contributed by atoms with Crippen molar-refractivity contribution >= 4 is 18.0 Å². The van der Waals surface area contributed by atoms with E-state index < -0.39 is 29.3 Å². The highest BCUT2D eigenvalue weighted by Gasteiger charge is 2.14. The highest BCUT2D eigenvalue weighted by Crippen LogP contribution is 2.27. The van der Waals surface area contributed by atoms with Crippen LogP contribution in [0.2, 0.25) is 0 Å². The van der Waals surface area contributed by atoms with Crippen molar-refractivity contribution in [2.75, 3.05) is 0 Å². The molecule has 0 spiro atoms. The number of nitrogens with one attached hydrogen (secondary N) is 1. The number of ether oxygens (including phenoxy) is 1. The lowest BCUT2D eigenvalue weighted by atomic mass is 10.1. The molecule has 0 radical (unpaired) electrons. The summed E-state index contributed by atoms with van der Waals surface area (Å²) in [4.78, 5) is 23.6. The number of carboxylic acid groups (broad SMARTS) is 1. The van der Waals surface area contributed by atoms with Crippen LogP contribution in [0, 0.1) is 11.6 Å². The molecule has 1 amide bonds. The van der Waals surface area contributed by atoms with Gasteiger partial charge in [0.2, 0.25) is 0 Å². The molecule has 3 aromatic carbocycles. The van der Waals surface area contributed by atoms with Gasteiger partial charge in [-0.3, -0.25) is 4.79 Å². The number of aliphatic carboxylic acids is 1. The van der Waals surface area contributed by atoms with E-state index in [0.29, 0.717) is 11.1 Å². The Morgan fingerprint density at radius 3 is 2.07 bits per heavy atom. The zero-order chi connectivity index (χ0) is 20.8. The van der Waals surface area contributed by atoms with Crippen LogP contribution in [0.5, 0.6) is 11.5 Å². The van der Waals surface area contributed by atoms with Crippen molar-refractivity contribution in [2.45, 2.75) is 0 Å². The Bertz CT molecular complexity index is 1040. The van der Waals surface area contributed by atoms with E-state index in [4.69, 9.17) is 4.74 Å². The second-order valence-electron chi connectivity index (χ2n) is 5.91. The summed E-state index contributed by atoms with van der Waals surface area (Å²) < 4.78 is 32.5. The Kier molecular flexibility index (Phi) is 5.99. The summed E-state index contributed by atoms with van der Waals surface area (Å²) in [5.74, 6) is -3.93. The van der Waals surface area contributed by atoms with Gasteiger partial charge in [-0.15, -0.1) is 0 Å². The lowest BCUT2D eigenvalue weighted by Gasteiger charge is -2.09. The van der Waals surface area contributed by atoms with E-state index >= 15 is 0 Å². The quantitative estimate of drug-likeness (QED) is 0.598. The maximum atomic E-state index is 13.7. The third-order valence-electron chi connectivity index (χ3n) is 3.84. The molecule has 0 bridgehead atoms. The van der Waals surface area contributed by atoms with Gasteiger partial charge in [0.05, 0.1) is 0 Å². The molecule has 0 aliphatic heterocycles. The van der Waals surface area contributed by atoms with E-state index in [-0.39, 0.29) is 11.4 Å². The first kappa shape index (κ1) is 19.8. The molecule has 0 atom stereocenters. The van der Waals surface area contributed by atoms with Gasteiger partial charge in [-0.05, 0) is 48.0 Å². The first-order chi connectivity index (χ1) is 13.9. The summed E-state index contributed by atoms with van der Waals surface area (Å²) in [5, 5.41) is 11.7. The molecule has 0 aliphatic carbocycles. The predicted molar refractivity (Wildman–Crippen MR) is 102 cm³/mol. The van der Waals surface area contributed by atoms with Crippen LogP contribution in [0.25, 0.3) is 6.08 Å². The van der Waals surface area contributed by atoms with Gasteiger partial charge in [0.15, 0.2) is 17.4 Å². The molecule has 0 saturated heterocycles. The number of carbonyl (C=O) groups excluding carboxylic acids is 1. The molecule has 2 N–H and O–H groups in total. The van der Waals surface area contributed by atoms with Crippen LogP contribution in [-0.2, 0) is 4.79 Å². The maximum Gasteiger partial charge on any atom is 0.352 e. The van der Waals surface area contributed by atoms with Gasteiger partial charge in [0.1, 0.15) is 11.4 Å². The summed E-state index contributed by atoms with van der Waals surface area (Å²) >= 11 is 0. The average Bonchev–Trinajstić information content (AvgIpc) is 2.72. The van der Waals surface area contributed by atoms with Gasteiger partial charge < -0.3 is 15.2 Å². The van der Waals surface area contributed by atoms with Crippen LogP contribution in [0.3, 0.4) is 0 Å². The summed E-state index contributed by atoms with van der Waals surface area (Å²) in [7, 11) is 0. The van der Waals surface area contributed by atoms with Crippen LogP contribution < -0.4 is 10.1 Å². The molecule has 0 aliphatic rings. The summed E-state index contributed by atoms with van der Waals surface area (Å²) in [6.07, 6.45) is 1.26. The fourth-order valence-corrected chi connectivity index (χ4v) is 2.43. The molecular formula is C22H15F2NO4. The van der Waals surface area contributed by atoms with Crippen LogP contribution in [0.1, 0.15) is 15.9 Å². The van der Waals surface area contributed by atoms with E-state index in [0.717, 1.165) is 12.1 Å². The minimum Gasteiger partial charge on any atom is -0.477 e. The molecule has 0 fully saturated rings. The smallest absolute Gasteiger partial charge is 0.352 e. The number of benzene rings is 3. The van der Waals surface area contributed by atoms with Gasteiger partial charge >= 0.3 is 5.97 Å². The van der Waals surface area contributed by atoms with Crippen LogP contribution in [-0.4, -0.2) is 17.0 Å². The number of halogens is 2.